The number of halogens is 3. The molecule has 3 aromatic rings. The van der Waals surface area contributed by atoms with E-state index in [1.807, 2.05) is 43.3 Å². The van der Waals surface area contributed by atoms with Gasteiger partial charge >= 0.3 is 0 Å². The van der Waals surface area contributed by atoms with Crippen LogP contribution in [0.4, 0.5) is 8.78 Å². The van der Waals surface area contributed by atoms with Crippen molar-refractivity contribution in [3.63, 3.8) is 0 Å². The molecule has 0 aromatic heterocycles. The van der Waals surface area contributed by atoms with Gasteiger partial charge in [-0.1, -0.05) is 30.7 Å². The van der Waals surface area contributed by atoms with E-state index < -0.39 is 23.8 Å². The molecular weight excluding hydrogens is 627 g/mol. The number of hydrogen-bond acceptors (Lipinski definition) is 5. The molecule has 3 rings (SSSR count). The van der Waals surface area contributed by atoms with Gasteiger partial charge in [0.25, 0.3) is 5.91 Å². The van der Waals surface area contributed by atoms with Gasteiger partial charge in [0.1, 0.15) is 11.6 Å². The van der Waals surface area contributed by atoms with Crippen molar-refractivity contribution in [3.8, 4) is 0 Å². The standard InChI is InChI=1S/C31H38F2IN3O3/c1-3-7-37(8-9-38)20-24-10-21(2)11-25(12-24)31(40)36-29(16-23-13-26(32)17-27(33)14-23)30(39)19-35-18-22-5-4-6-28(34)15-22/h4-6,10-15,17,29-30,35,38-39H,3,7-9,16,18-20H2,1-2H3,(H,36,40). The van der Waals surface area contributed by atoms with Gasteiger partial charge in [0.15, 0.2) is 0 Å². The number of amides is 1. The molecule has 6 nitrogen and oxygen atoms in total. The first-order valence-electron chi connectivity index (χ1n) is 13.5. The van der Waals surface area contributed by atoms with Gasteiger partial charge in [-0.05, 0) is 102 Å². The fourth-order valence-corrected chi connectivity index (χ4v) is 5.35. The Morgan fingerprint density at radius 3 is 2.42 bits per heavy atom. The lowest BCUT2D eigenvalue weighted by Gasteiger charge is -2.25. The molecule has 0 saturated heterocycles. The largest absolute Gasteiger partial charge is 0.395 e. The molecule has 2 atom stereocenters. The van der Waals surface area contributed by atoms with Crippen molar-refractivity contribution in [2.75, 3.05) is 26.2 Å². The average molecular weight is 666 g/mol. The van der Waals surface area contributed by atoms with Crippen LogP contribution >= 0.6 is 22.6 Å². The number of benzene rings is 3. The van der Waals surface area contributed by atoms with Crippen LogP contribution in [0.2, 0.25) is 0 Å². The van der Waals surface area contributed by atoms with Crippen molar-refractivity contribution in [2.45, 2.75) is 51.9 Å². The summed E-state index contributed by atoms with van der Waals surface area (Å²) in [5, 5.41) is 26.6. The molecule has 1 amide bonds. The van der Waals surface area contributed by atoms with Crippen molar-refractivity contribution in [1.29, 1.82) is 0 Å². The highest BCUT2D eigenvalue weighted by Crippen LogP contribution is 2.16. The van der Waals surface area contributed by atoms with Crippen LogP contribution < -0.4 is 10.6 Å². The number of carbonyl (C=O) groups is 1. The maximum Gasteiger partial charge on any atom is 0.251 e. The summed E-state index contributed by atoms with van der Waals surface area (Å²) in [6, 6.07) is 16.0. The monoisotopic (exact) mass is 665 g/mol. The van der Waals surface area contributed by atoms with Gasteiger partial charge in [0, 0.05) is 41.4 Å². The Bertz CT molecular complexity index is 1230. The lowest BCUT2D eigenvalue weighted by atomic mass is 9.99. The van der Waals surface area contributed by atoms with Crippen molar-refractivity contribution >= 4 is 28.5 Å². The summed E-state index contributed by atoms with van der Waals surface area (Å²) in [6.07, 6.45) is -0.0324. The van der Waals surface area contributed by atoms with Crippen LogP contribution in [0.15, 0.2) is 60.7 Å². The zero-order valence-electron chi connectivity index (χ0n) is 23.0. The highest BCUT2D eigenvalue weighted by atomic mass is 127. The van der Waals surface area contributed by atoms with E-state index in [-0.39, 0.29) is 25.5 Å². The second-order valence-corrected chi connectivity index (χ2v) is 11.3. The van der Waals surface area contributed by atoms with Crippen LogP contribution in [-0.2, 0) is 19.5 Å². The minimum Gasteiger partial charge on any atom is -0.395 e. The molecule has 0 aliphatic heterocycles. The van der Waals surface area contributed by atoms with Crippen molar-refractivity contribution < 1.29 is 23.8 Å². The first kappa shape index (κ1) is 32.1. The van der Waals surface area contributed by atoms with Crippen molar-refractivity contribution in [1.82, 2.24) is 15.5 Å². The molecule has 3 aromatic carbocycles. The van der Waals surface area contributed by atoms with Crippen LogP contribution in [0.25, 0.3) is 0 Å². The Labute approximate surface area is 248 Å². The van der Waals surface area contributed by atoms with Crippen LogP contribution in [0.1, 0.15) is 46.0 Å². The smallest absolute Gasteiger partial charge is 0.251 e. The van der Waals surface area contributed by atoms with Crippen LogP contribution in [-0.4, -0.2) is 59.4 Å². The van der Waals surface area contributed by atoms with E-state index in [0.29, 0.717) is 30.8 Å². The minimum atomic E-state index is -1.02. The van der Waals surface area contributed by atoms with E-state index in [2.05, 4.69) is 45.0 Å². The van der Waals surface area contributed by atoms with Gasteiger partial charge in [0.2, 0.25) is 0 Å². The van der Waals surface area contributed by atoms with Crippen molar-refractivity contribution in [3.05, 3.63) is 104 Å². The topological polar surface area (TPSA) is 84.8 Å². The predicted molar refractivity (Wildman–Crippen MR) is 162 cm³/mol. The van der Waals surface area contributed by atoms with E-state index >= 15 is 0 Å². The molecule has 0 heterocycles. The number of rotatable bonds is 15. The first-order valence-corrected chi connectivity index (χ1v) is 14.6. The Kier molecular flexibility index (Phi) is 12.9. The summed E-state index contributed by atoms with van der Waals surface area (Å²) in [5.41, 5.74) is 3.67. The number of nitrogens with zero attached hydrogens (tertiary/aromatic N) is 1. The minimum absolute atomic E-state index is 0.0476. The fraction of sp³-hybridized carbons (Fsp3) is 0.387. The summed E-state index contributed by atoms with van der Waals surface area (Å²) in [7, 11) is 0. The van der Waals surface area contributed by atoms with Gasteiger partial charge in [0.05, 0.1) is 18.8 Å². The third-order valence-electron chi connectivity index (χ3n) is 6.49. The fourth-order valence-electron chi connectivity index (χ4n) is 4.74. The maximum absolute atomic E-state index is 13.9. The third kappa shape index (κ3) is 10.5. The zero-order chi connectivity index (χ0) is 29.1. The molecule has 0 bridgehead atoms. The summed E-state index contributed by atoms with van der Waals surface area (Å²) in [5.74, 6) is -1.81. The third-order valence-corrected chi connectivity index (χ3v) is 7.16. The molecule has 9 heteroatoms. The Morgan fingerprint density at radius 1 is 1.00 bits per heavy atom. The molecule has 0 saturated carbocycles. The van der Waals surface area contributed by atoms with Gasteiger partial charge in [-0.25, -0.2) is 8.78 Å². The van der Waals surface area contributed by atoms with Gasteiger partial charge in [-0.15, -0.1) is 0 Å². The Hall–Kier alpha value is -2.44. The molecule has 0 aliphatic rings. The quantitative estimate of drug-likeness (QED) is 0.179. The molecule has 2 unspecified atom stereocenters. The van der Waals surface area contributed by atoms with E-state index in [4.69, 9.17) is 0 Å². The number of carbonyl (C=O) groups excluding carboxylic acids is 1. The molecule has 0 spiro atoms. The second-order valence-electron chi connectivity index (χ2n) is 10.1. The van der Waals surface area contributed by atoms with Crippen LogP contribution in [0, 0.1) is 22.1 Å². The van der Waals surface area contributed by atoms with E-state index in [0.717, 1.165) is 39.3 Å². The molecule has 0 aliphatic carbocycles. The number of aryl methyl sites for hydroxylation is 1. The van der Waals surface area contributed by atoms with Gasteiger partial charge < -0.3 is 20.8 Å². The first-order chi connectivity index (χ1) is 19.2. The SMILES string of the molecule is CCCN(CCO)Cc1cc(C)cc(C(=O)NC(Cc2cc(F)cc(F)c2)C(O)CNCc2cccc(I)c2)c1. The highest BCUT2D eigenvalue weighted by Gasteiger charge is 2.23. The summed E-state index contributed by atoms with van der Waals surface area (Å²) in [6.45, 7) is 6.68. The summed E-state index contributed by atoms with van der Waals surface area (Å²) in [4.78, 5) is 15.5. The normalized spacial score (nSPS) is 12.9. The van der Waals surface area contributed by atoms with E-state index in [9.17, 15) is 23.8 Å². The summed E-state index contributed by atoms with van der Waals surface area (Å²) >= 11 is 2.24. The zero-order valence-corrected chi connectivity index (χ0v) is 25.1. The van der Waals surface area contributed by atoms with Gasteiger partial charge in [-0.2, -0.15) is 0 Å². The molecule has 0 radical (unpaired) electrons. The second kappa shape index (κ2) is 16.1. The molecule has 40 heavy (non-hydrogen) atoms. The Morgan fingerprint density at radius 2 is 1.75 bits per heavy atom. The predicted octanol–water partition coefficient (Wildman–Crippen LogP) is 4.57. The number of aliphatic hydroxyl groups excluding tert-OH is 2. The molecular formula is C31H38F2IN3O3. The van der Waals surface area contributed by atoms with Crippen molar-refractivity contribution in [2.24, 2.45) is 0 Å². The lowest BCUT2D eigenvalue weighted by molar-refractivity contribution is 0.0829. The Balaban J connectivity index is 1.77. The number of hydrogen-bond donors (Lipinski definition) is 4. The highest BCUT2D eigenvalue weighted by molar-refractivity contribution is 14.1. The van der Waals surface area contributed by atoms with E-state index in [1.165, 1.54) is 12.1 Å². The average Bonchev–Trinajstić information content (AvgIpc) is 2.87. The van der Waals surface area contributed by atoms with Crippen LogP contribution in [0.3, 0.4) is 0 Å². The van der Waals surface area contributed by atoms with Gasteiger partial charge in [-0.3, -0.25) is 9.69 Å². The number of aliphatic hydroxyl groups is 2. The molecule has 0 fully saturated rings. The van der Waals surface area contributed by atoms with E-state index in [1.54, 1.807) is 6.07 Å². The number of nitrogens with one attached hydrogen (secondary N) is 2. The summed E-state index contributed by atoms with van der Waals surface area (Å²) < 4.78 is 28.9. The maximum atomic E-state index is 13.9. The van der Waals surface area contributed by atoms with Crippen LogP contribution in [0.5, 0.6) is 0 Å². The molecule has 216 valence electrons. The molecule has 4 N–H and O–H groups in total. The lowest BCUT2D eigenvalue weighted by Crippen LogP contribution is -2.48.